The summed E-state index contributed by atoms with van der Waals surface area (Å²) < 4.78 is 10.3. The van der Waals surface area contributed by atoms with Crippen LogP contribution in [-0.2, 0) is 9.59 Å². The summed E-state index contributed by atoms with van der Waals surface area (Å²) >= 11 is 0. The number of allylic oxidation sites excluding steroid dienone is 2. The van der Waals surface area contributed by atoms with Crippen molar-refractivity contribution in [1.29, 1.82) is 0 Å². The van der Waals surface area contributed by atoms with Gasteiger partial charge in [-0.05, 0) is 36.5 Å². The van der Waals surface area contributed by atoms with Gasteiger partial charge in [0, 0.05) is 5.56 Å². The van der Waals surface area contributed by atoms with Crippen molar-refractivity contribution in [3.8, 4) is 11.5 Å². The maximum absolute atomic E-state index is 12.4. The molecule has 8 nitrogen and oxygen atoms in total. The molecule has 3 N–H and O–H groups in total. The van der Waals surface area contributed by atoms with Gasteiger partial charge in [0.15, 0.2) is 11.5 Å². The third-order valence-electron chi connectivity index (χ3n) is 4.99. The minimum atomic E-state index is -0.992. The van der Waals surface area contributed by atoms with Gasteiger partial charge in [0.05, 0.1) is 26.1 Å². The molecular formula is C18H20N2O6. The van der Waals surface area contributed by atoms with E-state index in [0.717, 1.165) is 0 Å². The molecule has 1 fully saturated rings. The summed E-state index contributed by atoms with van der Waals surface area (Å²) in [6, 6.07) is 4.60. The zero-order valence-electron chi connectivity index (χ0n) is 14.4. The zero-order valence-corrected chi connectivity index (χ0v) is 14.4. The molecule has 0 aromatic heterocycles. The number of amides is 2. The van der Waals surface area contributed by atoms with Crippen LogP contribution in [0.3, 0.4) is 0 Å². The molecule has 8 heteroatoms. The smallest absolute Gasteiger partial charge is 0.307 e. The van der Waals surface area contributed by atoms with Gasteiger partial charge in [0.25, 0.3) is 5.91 Å². The molecule has 1 aromatic rings. The van der Waals surface area contributed by atoms with Crippen LogP contribution in [0.1, 0.15) is 16.8 Å². The molecule has 4 atom stereocenters. The number of ether oxygens (including phenoxy) is 2. The van der Waals surface area contributed by atoms with Crippen LogP contribution in [0.25, 0.3) is 0 Å². The second-order valence-electron chi connectivity index (χ2n) is 6.35. The number of carboxylic acid groups (broad SMARTS) is 1. The fourth-order valence-electron chi connectivity index (χ4n) is 3.77. The molecule has 0 radical (unpaired) electrons. The van der Waals surface area contributed by atoms with Crippen molar-refractivity contribution in [3.05, 3.63) is 35.9 Å². The Morgan fingerprint density at radius 1 is 1.00 bits per heavy atom. The minimum absolute atomic E-state index is 0.112. The Bertz CT molecular complexity index is 775. The van der Waals surface area contributed by atoms with Gasteiger partial charge >= 0.3 is 5.97 Å². The van der Waals surface area contributed by atoms with E-state index in [2.05, 4.69) is 10.9 Å². The quantitative estimate of drug-likeness (QED) is 0.533. The first-order valence-corrected chi connectivity index (χ1v) is 8.19. The molecule has 0 aliphatic heterocycles. The Hall–Kier alpha value is -3.03. The number of aliphatic carboxylic acids is 1. The number of hydrogen-bond donors (Lipinski definition) is 3. The number of carbonyl (C=O) groups excluding carboxylic acids is 2. The SMILES string of the molecule is COc1ccc(C(=O)NNC(=O)[C@H]2[C@@H](C(=O)O)[C@H]3C=C[C@H]2C3)cc1OC. The van der Waals surface area contributed by atoms with Crippen molar-refractivity contribution < 1.29 is 29.0 Å². The average Bonchev–Trinajstić information content (AvgIpc) is 3.26. The van der Waals surface area contributed by atoms with E-state index in [1.54, 1.807) is 6.07 Å². The Balaban J connectivity index is 1.65. The molecule has 0 saturated heterocycles. The third-order valence-corrected chi connectivity index (χ3v) is 4.99. The third kappa shape index (κ3) is 3.10. The lowest BCUT2D eigenvalue weighted by Crippen LogP contribution is -2.48. The van der Waals surface area contributed by atoms with E-state index in [0.29, 0.717) is 17.9 Å². The van der Waals surface area contributed by atoms with Crippen LogP contribution in [0, 0.1) is 23.7 Å². The van der Waals surface area contributed by atoms with Gasteiger partial charge in [-0.15, -0.1) is 0 Å². The number of benzene rings is 1. The number of carboxylic acids is 1. The van der Waals surface area contributed by atoms with Crippen molar-refractivity contribution in [1.82, 2.24) is 10.9 Å². The number of hydrogen-bond acceptors (Lipinski definition) is 5. The van der Waals surface area contributed by atoms with E-state index in [1.165, 1.54) is 26.4 Å². The molecule has 2 aliphatic carbocycles. The summed E-state index contributed by atoms with van der Waals surface area (Å²) in [7, 11) is 2.94. The lowest BCUT2D eigenvalue weighted by molar-refractivity contribution is -0.148. The van der Waals surface area contributed by atoms with Crippen LogP contribution in [0.4, 0.5) is 0 Å². The average molecular weight is 360 g/mol. The number of carbonyl (C=O) groups is 3. The van der Waals surface area contributed by atoms with E-state index in [4.69, 9.17) is 9.47 Å². The van der Waals surface area contributed by atoms with Crippen molar-refractivity contribution in [2.45, 2.75) is 6.42 Å². The van der Waals surface area contributed by atoms with Gasteiger partial charge in [-0.2, -0.15) is 0 Å². The number of methoxy groups -OCH3 is 2. The zero-order chi connectivity index (χ0) is 18.8. The number of rotatable bonds is 5. The van der Waals surface area contributed by atoms with E-state index in [9.17, 15) is 19.5 Å². The molecule has 138 valence electrons. The highest BCUT2D eigenvalue weighted by Crippen LogP contribution is 2.48. The van der Waals surface area contributed by atoms with Crippen molar-refractivity contribution in [2.75, 3.05) is 14.2 Å². The Labute approximate surface area is 150 Å². The van der Waals surface area contributed by atoms with Gasteiger partial charge in [0.2, 0.25) is 5.91 Å². The summed E-state index contributed by atoms with van der Waals surface area (Å²) in [6.45, 7) is 0. The molecule has 0 unspecified atom stereocenters. The van der Waals surface area contributed by atoms with Gasteiger partial charge in [-0.25, -0.2) is 0 Å². The van der Waals surface area contributed by atoms with Crippen molar-refractivity contribution in [3.63, 3.8) is 0 Å². The van der Waals surface area contributed by atoms with E-state index >= 15 is 0 Å². The van der Waals surface area contributed by atoms with Crippen molar-refractivity contribution >= 4 is 17.8 Å². The molecule has 1 saturated carbocycles. The number of hydrazine groups is 1. The second-order valence-corrected chi connectivity index (χ2v) is 6.35. The monoisotopic (exact) mass is 360 g/mol. The fraction of sp³-hybridized carbons (Fsp3) is 0.389. The maximum atomic E-state index is 12.4. The topological polar surface area (TPSA) is 114 Å². The minimum Gasteiger partial charge on any atom is -0.493 e. The Kier molecular flexibility index (Phi) is 4.83. The van der Waals surface area contributed by atoms with Crippen LogP contribution in [0.5, 0.6) is 11.5 Å². The standard InChI is InChI=1S/C18H20N2O6/c1-25-12-6-5-11(8-13(12)26-2)16(21)19-20-17(22)14-9-3-4-10(7-9)15(14)18(23)24/h3-6,8-10,14-15H,7H2,1-2H3,(H,19,21)(H,20,22)(H,23,24)/t9-,10-,14+,15-/m0/s1. The molecular weight excluding hydrogens is 340 g/mol. The molecule has 0 heterocycles. The molecule has 2 amide bonds. The van der Waals surface area contributed by atoms with E-state index < -0.39 is 29.6 Å². The maximum Gasteiger partial charge on any atom is 0.307 e. The van der Waals surface area contributed by atoms with Gasteiger partial charge in [-0.3, -0.25) is 25.2 Å². The largest absolute Gasteiger partial charge is 0.493 e. The summed E-state index contributed by atoms with van der Waals surface area (Å²) in [4.78, 5) is 36.2. The highest BCUT2D eigenvalue weighted by Gasteiger charge is 2.51. The Morgan fingerprint density at radius 3 is 2.27 bits per heavy atom. The van der Waals surface area contributed by atoms with Crippen LogP contribution >= 0.6 is 0 Å². The van der Waals surface area contributed by atoms with E-state index in [-0.39, 0.29) is 17.4 Å². The lowest BCUT2D eigenvalue weighted by atomic mass is 9.82. The molecule has 0 spiro atoms. The molecule has 2 aliphatic rings. The fourth-order valence-corrected chi connectivity index (χ4v) is 3.77. The second kappa shape index (κ2) is 7.07. The normalized spacial score (nSPS) is 25.6. The van der Waals surface area contributed by atoms with Crippen LogP contribution in [0.15, 0.2) is 30.4 Å². The first kappa shape index (κ1) is 17.8. The number of fused-ring (bicyclic) bond motifs is 2. The molecule has 3 rings (SSSR count). The highest BCUT2D eigenvalue weighted by molar-refractivity contribution is 5.96. The molecule has 2 bridgehead atoms. The van der Waals surface area contributed by atoms with Crippen LogP contribution in [-0.4, -0.2) is 37.1 Å². The summed E-state index contributed by atoms with van der Waals surface area (Å²) in [5.74, 6) is -2.85. The summed E-state index contributed by atoms with van der Waals surface area (Å²) in [6.07, 6.45) is 4.39. The predicted octanol–water partition coefficient (Wildman–Crippen LogP) is 0.988. The van der Waals surface area contributed by atoms with Gasteiger partial charge in [-0.1, -0.05) is 12.2 Å². The first-order chi connectivity index (χ1) is 12.5. The van der Waals surface area contributed by atoms with Crippen LogP contribution < -0.4 is 20.3 Å². The van der Waals surface area contributed by atoms with Crippen molar-refractivity contribution in [2.24, 2.45) is 23.7 Å². The summed E-state index contributed by atoms with van der Waals surface area (Å²) in [5.41, 5.74) is 4.95. The van der Waals surface area contributed by atoms with Crippen LogP contribution in [0.2, 0.25) is 0 Å². The van der Waals surface area contributed by atoms with Gasteiger partial charge in [0.1, 0.15) is 0 Å². The predicted molar refractivity (Wildman–Crippen MR) is 90.5 cm³/mol. The Morgan fingerprint density at radius 2 is 1.65 bits per heavy atom. The summed E-state index contributed by atoms with van der Waals surface area (Å²) in [5, 5.41) is 9.39. The lowest BCUT2D eigenvalue weighted by Gasteiger charge is -2.23. The number of nitrogens with one attached hydrogen (secondary N) is 2. The van der Waals surface area contributed by atoms with Gasteiger partial charge < -0.3 is 14.6 Å². The van der Waals surface area contributed by atoms with E-state index in [1.807, 2.05) is 12.2 Å². The molecule has 1 aromatic carbocycles. The molecule has 26 heavy (non-hydrogen) atoms. The highest BCUT2D eigenvalue weighted by atomic mass is 16.5. The first-order valence-electron chi connectivity index (χ1n) is 8.19.